The molecule has 0 aromatic heterocycles. The Kier molecular flexibility index (Phi) is 1.48. The highest BCUT2D eigenvalue weighted by atomic mass is 14.6. The minimum Gasteiger partial charge on any atom is -0.328 e. The fourth-order valence-electron chi connectivity index (χ4n) is 2.43. The fraction of sp³-hybridized carbons (Fsp3) is 1.00. The van der Waals surface area contributed by atoms with Gasteiger partial charge in [-0.3, -0.25) is 0 Å². The minimum atomic E-state index is 0.534. The van der Waals surface area contributed by atoms with E-state index in [1.807, 2.05) is 0 Å². The number of hydrogen-bond donors (Lipinski definition) is 1. The Morgan fingerprint density at radius 3 is 2.00 bits per heavy atom. The molecule has 2 N–H and O–H groups in total. The zero-order chi connectivity index (χ0) is 7.03. The molecule has 0 amide bonds. The zero-order valence-corrected chi connectivity index (χ0v) is 6.60. The summed E-state index contributed by atoms with van der Waals surface area (Å²) in [6, 6.07) is 0.534. The molecule has 2 saturated carbocycles. The quantitative estimate of drug-likeness (QED) is 0.546. The summed E-state index contributed by atoms with van der Waals surface area (Å²) in [5.74, 6) is 0. The molecule has 0 unspecified atom stereocenters. The summed E-state index contributed by atoms with van der Waals surface area (Å²) in [6.07, 6.45) is 9.91. The van der Waals surface area contributed by atoms with E-state index in [1.54, 1.807) is 0 Å². The molecule has 10 heavy (non-hydrogen) atoms. The van der Waals surface area contributed by atoms with Gasteiger partial charge in [0.25, 0.3) is 0 Å². The van der Waals surface area contributed by atoms with Gasteiger partial charge >= 0.3 is 0 Å². The van der Waals surface area contributed by atoms with Crippen molar-refractivity contribution in [2.75, 3.05) is 0 Å². The van der Waals surface area contributed by atoms with Gasteiger partial charge in [0.2, 0.25) is 0 Å². The molecule has 0 aliphatic heterocycles. The molecule has 0 radical (unpaired) electrons. The average Bonchev–Trinajstić information content (AvgIpc) is 1.86. The van der Waals surface area contributed by atoms with Crippen molar-refractivity contribution in [1.82, 2.24) is 0 Å². The van der Waals surface area contributed by atoms with E-state index in [2.05, 4.69) is 0 Å². The summed E-state index contributed by atoms with van der Waals surface area (Å²) in [7, 11) is 0. The van der Waals surface area contributed by atoms with Crippen LogP contribution in [0.4, 0.5) is 0 Å². The first-order valence-electron chi connectivity index (χ1n) is 4.56. The van der Waals surface area contributed by atoms with Crippen molar-refractivity contribution in [2.24, 2.45) is 11.1 Å². The second-order valence-electron chi connectivity index (χ2n) is 4.19. The fourth-order valence-corrected chi connectivity index (χ4v) is 2.43. The summed E-state index contributed by atoms with van der Waals surface area (Å²) in [5, 5.41) is 0. The van der Waals surface area contributed by atoms with Gasteiger partial charge in [-0.25, -0.2) is 0 Å². The molecule has 2 aliphatic carbocycles. The molecule has 0 saturated heterocycles. The summed E-state index contributed by atoms with van der Waals surface area (Å²) in [5.41, 5.74) is 6.64. The molecular weight excluding hydrogens is 122 g/mol. The van der Waals surface area contributed by atoms with Gasteiger partial charge in [0, 0.05) is 6.04 Å². The van der Waals surface area contributed by atoms with E-state index in [-0.39, 0.29) is 0 Å². The first kappa shape index (κ1) is 6.66. The molecule has 1 heteroatoms. The topological polar surface area (TPSA) is 26.0 Å². The standard InChI is InChI=1S/C9H17N/c10-8-2-6-9(7-3-8)4-1-5-9/h8H,1-7,10H2. The minimum absolute atomic E-state index is 0.534. The Morgan fingerprint density at radius 1 is 1.00 bits per heavy atom. The first-order valence-corrected chi connectivity index (χ1v) is 4.56. The molecule has 0 aromatic carbocycles. The van der Waals surface area contributed by atoms with Crippen LogP contribution in [0.2, 0.25) is 0 Å². The Labute approximate surface area is 63.0 Å². The second kappa shape index (κ2) is 2.23. The number of hydrogen-bond acceptors (Lipinski definition) is 1. The molecule has 2 aliphatic rings. The summed E-state index contributed by atoms with van der Waals surface area (Å²) >= 11 is 0. The van der Waals surface area contributed by atoms with Crippen molar-refractivity contribution in [2.45, 2.75) is 51.0 Å². The van der Waals surface area contributed by atoms with Gasteiger partial charge < -0.3 is 5.73 Å². The van der Waals surface area contributed by atoms with Crippen LogP contribution in [-0.4, -0.2) is 6.04 Å². The highest BCUT2D eigenvalue weighted by Gasteiger charge is 2.38. The first-order chi connectivity index (χ1) is 4.81. The van der Waals surface area contributed by atoms with Crippen LogP contribution in [0.3, 0.4) is 0 Å². The van der Waals surface area contributed by atoms with Gasteiger partial charge in [0.05, 0.1) is 0 Å². The zero-order valence-electron chi connectivity index (χ0n) is 6.60. The van der Waals surface area contributed by atoms with Crippen LogP contribution in [-0.2, 0) is 0 Å². The van der Waals surface area contributed by atoms with Gasteiger partial charge in [-0.15, -0.1) is 0 Å². The van der Waals surface area contributed by atoms with E-state index < -0.39 is 0 Å². The highest BCUT2D eigenvalue weighted by Crippen LogP contribution is 2.51. The summed E-state index contributed by atoms with van der Waals surface area (Å²) in [6.45, 7) is 0. The third kappa shape index (κ3) is 0.968. The SMILES string of the molecule is NC1CCC2(CCC2)CC1. The molecule has 1 spiro atoms. The molecule has 0 atom stereocenters. The Morgan fingerprint density at radius 2 is 1.60 bits per heavy atom. The molecule has 1 nitrogen and oxygen atoms in total. The number of nitrogens with two attached hydrogens (primary N) is 1. The van der Waals surface area contributed by atoms with E-state index in [4.69, 9.17) is 5.73 Å². The van der Waals surface area contributed by atoms with Crippen molar-refractivity contribution in [3.63, 3.8) is 0 Å². The highest BCUT2D eigenvalue weighted by molar-refractivity contribution is 4.92. The lowest BCUT2D eigenvalue weighted by atomic mass is 9.60. The third-order valence-electron chi connectivity index (χ3n) is 3.51. The largest absolute Gasteiger partial charge is 0.328 e. The Balaban J connectivity index is 1.90. The van der Waals surface area contributed by atoms with Gasteiger partial charge in [-0.1, -0.05) is 6.42 Å². The van der Waals surface area contributed by atoms with Crippen LogP contribution >= 0.6 is 0 Å². The lowest BCUT2D eigenvalue weighted by molar-refractivity contribution is 0.0703. The van der Waals surface area contributed by atoms with Gasteiger partial charge in [-0.2, -0.15) is 0 Å². The molecular formula is C9H17N. The average molecular weight is 139 g/mol. The molecule has 2 fully saturated rings. The molecule has 0 aromatic rings. The normalized spacial score (nSPS) is 32.1. The maximum Gasteiger partial charge on any atom is 0.00392 e. The summed E-state index contributed by atoms with van der Waals surface area (Å²) in [4.78, 5) is 0. The Hall–Kier alpha value is -0.0400. The smallest absolute Gasteiger partial charge is 0.00392 e. The lowest BCUT2D eigenvalue weighted by Gasteiger charge is -2.46. The third-order valence-corrected chi connectivity index (χ3v) is 3.51. The molecule has 0 heterocycles. The predicted molar refractivity (Wildman–Crippen MR) is 42.7 cm³/mol. The lowest BCUT2D eigenvalue weighted by Crippen LogP contribution is -2.38. The van der Waals surface area contributed by atoms with E-state index in [0.717, 1.165) is 5.41 Å². The monoisotopic (exact) mass is 139 g/mol. The van der Waals surface area contributed by atoms with Crippen LogP contribution < -0.4 is 5.73 Å². The van der Waals surface area contributed by atoms with Gasteiger partial charge in [-0.05, 0) is 43.9 Å². The van der Waals surface area contributed by atoms with E-state index >= 15 is 0 Å². The van der Waals surface area contributed by atoms with Crippen molar-refractivity contribution >= 4 is 0 Å². The van der Waals surface area contributed by atoms with Crippen molar-refractivity contribution < 1.29 is 0 Å². The maximum atomic E-state index is 5.83. The van der Waals surface area contributed by atoms with Crippen molar-refractivity contribution in [3.05, 3.63) is 0 Å². The van der Waals surface area contributed by atoms with Gasteiger partial charge in [0.1, 0.15) is 0 Å². The van der Waals surface area contributed by atoms with Crippen molar-refractivity contribution in [1.29, 1.82) is 0 Å². The van der Waals surface area contributed by atoms with Gasteiger partial charge in [0.15, 0.2) is 0 Å². The molecule has 58 valence electrons. The summed E-state index contributed by atoms with van der Waals surface area (Å²) < 4.78 is 0. The predicted octanol–water partition coefficient (Wildman–Crippen LogP) is 2.06. The molecule has 0 bridgehead atoms. The van der Waals surface area contributed by atoms with Crippen LogP contribution in [0, 0.1) is 5.41 Å². The van der Waals surface area contributed by atoms with Crippen molar-refractivity contribution in [3.8, 4) is 0 Å². The van der Waals surface area contributed by atoms with E-state index in [9.17, 15) is 0 Å². The van der Waals surface area contributed by atoms with Crippen LogP contribution in [0.1, 0.15) is 44.9 Å². The van der Waals surface area contributed by atoms with Crippen LogP contribution in [0.5, 0.6) is 0 Å². The maximum absolute atomic E-state index is 5.83. The van der Waals surface area contributed by atoms with E-state index in [0.29, 0.717) is 6.04 Å². The molecule has 2 rings (SSSR count). The van der Waals surface area contributed by atoms with Crippen LogP contribution in [0.25, 0.3) is 0 Å². The number of rotatable bonds is 0. The Bertz CT molecular complexity index is 117. The van der Waals surface area contributed by atoms with E-state index in [1.165, 1.54) is 44.9 Å². The van der Waals surface area contributed by atoms with Crippen LogP contribution in [0.15, 0.2) is 0 Å². The second-order valence-corrected chi connectivity index (χ2v) is 4.19.